The van der Waals surface area contributed by atoms with Gasteiger partial charge >= 0.3 is 5.97 Å². The van der Waals surface area contributed by atoms with Crippen LogP contribution in [-0.4, -0.2) is 35.8 Å². The van der Waals surface area contributed by atoms with Gasteiger partial charge in [-0.2, -0.15) is 10.2 Å². The van der Waals surface area contributed by atoms with E-state index < -0.39 is 11.8 Å². The van der Waals surface area contributed by atoms with Gasteiger partial charge in [-0.05, 0) is 52.4 Å². The van der Waals surface area contributed by atoms with E-state index in [1.807, 2.05) is 13.8 Å². The number of hydrogen-bond donors (Lipinski definition) is 2. The van der Waals surface area contributed by atoms with Crippen molar-refractivity contribution in [3.05, 3.63) is 0 Å². The molecule has 0 aromatic heterocycles. The average Bonchev–Trinajstić information content (AvgIpc) is 2.63. The number of amides is 2. The maximum absolute atomic E-state index is 11.7. The Balaban J connectivity index is 2.51. The number of hydrazone groups is 2. The van der Waals surface area contributed by atoms with Crippen LogP contribution in [0.15, 0.2) is 10.2 Å². The zero-order valence-corrected chi connectivity index (χ0v) is 16.5. The highest BCUT2D eigenvalue weighted by molar-refractivity contribution is 5.97. The number of rotatable bonds is 0. The molecule has 1 aliphatic rings. The minimum Gasteiger partial charge on any atom is -0.466 e. The second-order valence-electron chi connectivity index (χ2n) is 6.89. The summed E-state index contributed by atoms with van der Waals surface area (Å²) in [6.45, 7) is 4.14. The number of nitrogens with one attached hydrogen (secondary N) is 2. The minimum absolute atomic E-state index is 0.131. The maximum Gasteiger partial charge on any atom is 0.305 e. The van der Waals surface area contributed by atoms with Crippen molar-refractivity contribution in [3.8, 4) is 0 Å². The molecule has 0 aromatic carbocycles. The Morgan fingerprint density at radius 3 is 1.78 bits per heavy atom. The number of cyclic esters (lactones) is 1. The lowest BCUT2D eigenvalue weighted by Crippen LogP contribution is -2.28. The van der Waals surface area contributed by atoms with Crippen LogP contribution in [0.3, 0.4) is 0 Å². The molecule has 0 bridgehead atoms. The van der Waals surface area contributed by atoms with Crippen molar-refractivity contribution in [2.24, 2.45) is 10.2 Å². The highest BCUT2D eigenvalue weighted by Gasteiger charge is 2.08. The van der Waals surface area contributed by atoms with E-state index in [0.29, 0.717) is 13.0 Å². The van der Waals surface area contributed by atoms with E-state index in [0.717, 1.165) is 69.2 Å². The van der Waals surface area contributed by atoms with Crippen LogP contribution in [0.2, 0.25) is 0 Å². The van der Waals surface area contributed by atoms with Gasteiger partial charge in [0, 0.05) is 17.8 Å². The van der Waals surface area contributed by atoms with Crippen LogP contribution in [0.1, 0.15) is 84.5 Å². The molecule has 0 fully saturated rings. The van der Waals surface area contributed by atoms with Crippen LogP contribution in [0.4, 0.5) is 0 Å². The molecule has 8 nitrogen and oxygen atoms in total. The van der Waals surface area contributed by atoms with Crippen molar-refractivity contribution >= 4 is 29.2 Å². The summed E-state index contributed by atoms with van der Waals surface area (Å²) in [5, 5.41) is 8.00. The first-order valence-electron chi connectivity index (χ1n) is 9.77. The molecule has 0 atom stereocenters. The number of nitrogens with zero attached hydrogens (tertiary/aromatic N) is 2. The van der Waals surface area contributed by atoms with Crippen molar-refractivity contribution < 1.29 is 19.1 Å². The molecule has 1 aliphatic heterocycles. The van der Waals surface area contributed by atoms with Crippen molar-refractivity contribution in [1.29, 1.82) is 0 Å². The van der Waals surface area contributed by atoms with Gasteiger partial charge in [-0.15, -0.1) is 0 Å². The Bertz CT molecular complexity index is 558. The average molecular weight is 380 g/mol. The Morgan fingerprint density at radius 2 is 1.19 bits per heavy atom. The van der Waals surface area contributed by atoms with Crippen molar-refractivity contribution in [2.45, 2.75) is 84.5 Å². The first kappa shape index (κ1) is 22.8. The number of hydrogen-bond acceptors (Lipinski definition) is 6. The topological polar surface area (TPSA) is 109 Å². The summed E-state index contributed by atoms with van der Waals surface area (Å²) in [4.78, 5) is 35.1. The molecule has 1 rings (SSSR count). The standard InChI is InChI=1S/C19H32N4O4/c1-15-10-6-3-4-9-13-27-19(26)12-8-5-7-11-16(2)21-23-18(25)14-17(24)22-20-15/h3-14H2,1-2H3,(H,22,24)(H,23,25)/b20-15-,21-16-. The zero-order valence-electron chi connectivity index (χ0n) is 16.5. The van der Waals surface area contributed by atoms with Crippen molar-refractivity contribution in [2.75, 3.05) is 6.61 Å². The van der Waals surface area contributed by atoms with Gasteiger partial charge in [0.2, 0.25) is 11.8 Å². The second kappa shape index (κ2) is 13.9. The van der Waals surface area contributed by atoms with Gasteiger partial charge < -0.3 is 4.74 Å². The van der Waals surface area contributed by atoms with Crippen LogP contribution in [0.25, 0.3) is 0 Å². The molecule has 8 heteroatoms. The van der Waals surface area contributed by atoms with E-state index in [4.69, 9.17) is 4.74 Å². The number of esters is 1. The molecule has 152 valence electrons. The molecular weight excluding hydrogens is 348 g/mol. The molecule has 0 aromatic rings. The van der Waals surface area contributed by atoms with Gasteiger partial charge in [0.1, 0.15) is 6.42 Å². The van der Waals surface area contributed by atoms with E-state index in [9.17, 15) is 14.4 Å². The van der Waals surface area contributed by atoms with Gasteiger partial charge in [-0.3, -0.25) is 14.4 Å². The molecule has 0 unspecified atom stereocenters. The number of ether oxygens (including phenoxy) is 1. The fraction of sp³-hybridized carbons (Fsp3) is 0.737. The Hall–Kier alpha value is -2.25. The lowest BCUT2D eigenvalue weighted by molar-refractivity contribution is -0.144. The van der Waals surface area contributed by atoms with E-state index in [1.165, 1.54) is 0 Å². The summed E-state index contributed by atoms with van der Waals surface area (Å²) >= 11 is 0. The third-order valence-corrected chi connectivity index (χ3v) is 4.18. The lowest BCUT2D eigenvalue weighted by Gasteiger charge is -2.06. The van der Waals surface area contributed by atoms with Crippen LogP contribution < -0.4 is 10.9 Å². The van der Waals surface area contributed by atoms with Crippen molar-refractivity contribution in [3.63, 3.8) is 0 Å². The summed E-state index contributed by atoms with van der Waals surface area (Å²) in [6, 6.07) is 0. The summed E-state index contributed by atoms with van der Waals surface area (Å²) in [6.07, 6.45) is 8.02. The summed E-state index contributed by atoms with van der Waals surface area (Å²) in [5.74, 6) is -1.05. The predicted molar refractivity (Wildman–Crippen MR) is 104 cm³/mol. The fourth-order valence-electron chi connectivity index (χ4n) is 2.57. The van der Waals surface area contributed by atoms with Crippen LogP contribution in [0, 0.1) is 0 Å². The third kappa shape index (κ3) is 12.7. The summed E-state index contributed by atoms with van der Waals surface area (Å²) < 4.78 is 5.24. The summed E-state index contributed by atoms with van der Waals surface area (Å²) in [5.41, 5.74) is 6.37. The largest absolute Gasteiger partial charge is 0.466 e. The number of carbonyl (C=O) groups is 3. The van der Waals surface area contributed by atoms with E-state index in [1.54, 1.807) is 0 Å². The lowest BCUT2D eigenvalue weighted by atomic mass is 10.1. The van der Waals surface area contributed by atoms with E-state index in [-0.39, 0.29) is 12.4 Å². The van der Waals surface area contributed by atoms with Gasteiger partial charge in [-0.25, -0.2) is 10.9 Å². The Morgan fingerprint density at radius 1 is 0.704 bits per heavy atom. The van der Waals surface area contributed by atoms with Crippen LogP contribution >= 0.6 is 0 Å². The van der Waals surface area contributed by atoms with E-state index in [2.05, 4.69) is 21.1 Å². The molecule has 2 amide bonds. The highest BCUT2D eigenvalue weighted by atomic mass is 16.5. The third-order valence-electron chi connectivity index (χ3n) is 4.18. The van der Waals surface area contributed by atoms with Gasteiger partial charge in [0.25, 0.3) is 0 Å². The fourth-order valence-corrected chi connectivity index (χ4v) is 2.57. The monoisotopic (exact) mass is 380 g/mol. The molecule has 27 heavy (non-hydrogen) atoms. The Kier molecular flexibility index (Phi) is 11.7. The van der Waals surface area contributed by atoms with Crippen LogP contribution in [0.5, 0.6) is 0 Å². The zero-order chi connectivity index (χ0) is 19.9. The van der Waals surface area contributed by atoms with E-state index >= 15 is 0 Å². The van der Waals surface area contributed by atoms with Crippen molar-refractivity contribution in [1.82, 2.24) is 10.9 Å². The maximum atomic E-state index is 11.7. The molecule has 0 saturated heterocycles. The highest BCUT2D eigenvalue weighted by Crippen LogP contribution is 2.07. The molecule has 0 radical (unpaired) electrons. The molecule has 0 aliphatic carbocycles. The summed E-state index contributed by atoms with van der Waals surface area (Å²) in [7, 11) is 0. The smallest absolute Gasteiger partial charge is 0.305 e. The first-order chi connectivity index (χ1) is 13.0. The SMILES string of the molecule is C/C1=N/NC(=O)CC(=O)N/N=C(/C)CCCCCC(=O)OCCCCCC1. The van der Waals surface area contributed by atoms with Gasteiger partial charge in [-0.1, -0.05) is 19.3 Å². The normalized spacial score (nSPS) is 24.6. The van der Waals surface area contributed by atoms with Crippen LogP contribution in [-0.2, 0) is 19.1 Å². The quantitative estimate of drug-likeness (QED) is 0.497. The molecule has 0 saturated carbocycles. The predicted octanol–water partition coefficient (Wildman–Crippen LogP) is 2.82. The molecule has 0 spiro atoms. The Labute approximate surface area is 161 Å². The first-order valence-corrected chi connectivity index (χ1v) is 9.77. The number of carbonyl (C=O) groups excluding carboxylic acids is 3. The minimum atomic E-state index is -0.468. The molecule has 1 heterocycles. The second-order valence-corrected chi connectivity index (χ2v) is 6.89. The molecular formula is C19H32N4O4. The van der Waals surface area contributed by atoms with Gasteiger partial charge in [0.15, 0.2) is 0 Å². The van der Waals surface area contributed by atoms with Gasteiger partial charge in [0.05, 0.1) is 6.61 Å². The molecule has 2 N–H and O–H groups in total.